The van der Waals surface area contributed by atoms with Crippen molar-refractivity contribution in [2.24, 2.45) is 5.92 Å². The van der Waals surface area contributed by atoms with Crippen molar-refractivity contribution in [2.45, 2.75) is 32.2 Å². The summed E-state index contributed by atoms with van der Waals surface area (Å²) in [5.41, 5.74) is 1.96. The van der Waals surface area contributed by atoms with Crippen LogP contribution in [0.25, 0.3) is 0 Å². The van der Waals surface area contributed by atoms with Gasteiger partial charge in [0.2, 0.25) is 5.95 Å². The SMILES string of the molecule is Cc1cccc([C@@H](NC(=O)N2CCCN(c3ncccn3)CC2)C2CC2)n1. The smallest absolute Gasteiger partial charge is 0.318 e. The number of amides is 2. The van der Waals surface area contributed by atoms with Crippen molar-refractivity contribution in [1.82, 2.24) is 25.2 Å². The number of carbonyl (C=O) groups excluding carboxylic acids is 1. The van der Waals surface area contributed by atoms with Crippen LogP contribution in [0.15, 0.2) is 36.7 Å². The lowest BCUT2D eigenvalue weighted by Gasteiger charge is -2.25. The molecule has 1 saturated carbocycles. The van der Waals surface area contributed by atoms with Crippen molar-refractivity contribution >= 4 is 12.0 Å². The zero-order valence-corrected chi connectivity index (χ0v) is 15.7. The zero-order valence-electron chi connectivity index (χ0n) is 15.7. The van der Waals surface area contributed by atoms with E-state index < -0.39 is 0 Å². The summed E-state index contributed by atoms with van der Waals surface area (Å²) < 4.78 is 0. The van der Waals surface area contributed by atoms with Crippen molar-refractivity contribution in [3.8, 4) is 0 Å². The Hall–Kier alpha value is -2.70. The Bertz CT molecular complexity index is 779. The molecule has 1 saturated heterocycles. The van der Waals surface area contributed by atoms with Crippen LogP contribution < -0.4 is 10.2 Å². The predicted molar refractivity (Wildman–Crippen MR) is 103 cm³/mol. The van der Waals surface area contributed by atoms with Crippen LogP contribution in [0.1, 0.15) is 36.7 Å². The van der Waals surface area contributed by atoms with Crippen LogP contribution in [0.4, 0.5) is 10.7 Å². The number of nitrogens with one attached hydrogen (secondary N) is 1. The summed E-state index contributed by atoms with van der Waals surface area (Å²) in [4.78, 5) is 30.3. The topological polar surface area (TPSA) is 74.2 Å². The number of aryl methyl sites for hydroxylation is 1. The molecular formula is C20H26N6O. The third kappa shape index (κ3) is 4.35. The molecule has 27 heavy (non-hydrogen) atoms. The third-order valence-electron chi connectivity index (χ3n) is 5.22. The first-order chi connectivity index (χ1) is 13.2. The van der Waals surface area contributed by atoms with Gasteiger partial charge in [-0.1, -0.05) is 6.07 Å². The molecule has 1 aliphatic carbocycles. The highest BCUT2D eigenvalue weighted by atomic mass is 16.2. The van der Waals surface area contributed by atoms with E-state index in [0.717, 1.165) is 56.2 Å². The van der Waals surface area contributed by atoms with Crippen molar-refractivity contribution in [2.75, 3.05) is 31.1 Å². The highest BCUT2D eigenvalue weighted by Gasteiger charge is 2.35. The fourth-order valence-corrected chi connectivity index (χ4v) is 3.60. The number of anilines is 1. The molecule has 2 fully saturated rings. The first-order valence-electron chi connectivity index (χ1n) is 9.71. The molecule has 3 heterocycles. The van der Waals surface area contributed by atoms with Gasteiger partial charge in [0.05, 0.1) is 11.7 Å². The maximum atomic E-state index is 12.9. The molecule has 1 aliphatic heterocycles. The molecule has 142 valence electrons. The van der Waals surface area contributed by atoms with Gasteiger partial charge < -0.3 is 15.1 Å². The van der Waals surface area contributed by atoms with Crippen LogP contribution in [0.2, 0.25) is 0 Å². The van der Waals surface area contributed by atoms with Crippen LogP contribution >= 0.6 is 0 Å². The number of hydrogen-bond acceptors (Lipinski definition) is 5. The number of carbonyl (C=O) groups is 1. The van der Waals surface area contributed by atoms with Gasteiger partial charge >= 0.3 is 6.03 Å². The molecule has 2 aliphatic rings. The van der Waals surface area contributed by atoms with Crippen LogP contribution in [-0.2, 0) is 0 Å². The minimum Gasteiger partial charge on any atom is -0.339 e. The zero-order chi connectivity index (χ0) is 18.6. The van der Waals surface area contributed by atoms with E-state index in [4.69, 9.17) is 0 Å². The van der Waals surface area contributed by atoms with E-state index in [1.54, 1.807) is 12.4 Å². The summed E-state index contributed by atoms with van der Waals surface area (Å²) in [6, 6.07) is 7.86. The Morgan fingerprint density at radius 3 is 2.67 bits per heavy atom. The van der Waals surface area contributed by atoms with Gasteiger partial charge in [0.25, 0.3) is 0 Å². The summed E-state index contributed by atoms with van der Waals surface area (Å²) in [6.07, 6.45) is 6.72. The van der Waals surface area contributed by atoms with Crippen molar-refractivity contribution < 1.29 is 4.79 Å². The first kappa shape index (κ1) is 17.7. The molecule has 0 unspecified atom stereocenters. The standard InChI is InChI=1S/C20H26N6O/c1-15-5-2-6-17(23-15)18(16-7-8-16)24-20(27)26-12-4-11-25(13-14-26)19-21-9-3-10-22-19/h2-3,5-6,9-10,16,18H,4,7-8,11-14H2,1H3,(H,24,27)/t18-/m0/s1. The van der Waals surface area contributed by atoms with Gasteiger partial charge in [-0.2, -0.15) is 0 Å². The fraction of sp³-hybridized carbons (Fsp3) is 0.500. The minimum absolute atomic E-state index is 0.00559. The van der Waals surface area contributed by atoms with Crippen LogP contribution in [0.5, 0.6) is 0 Å². The molecule has 7 nitrogen and oxygen atoms in total. The van der Waals surface area contributed by atoms with Crippen molar-refractivity contribution in [3.05, 3.63) is 48.0 Å². The molecule has 4 rings (SSSR count). The predicted octanol–water partition coefficient (Wildman–Crippen LogP) is 2.55. The van der Waals surface area contributed by atoms with Crippen LogP contribution in [0, 0.1) is 12.8 Å². The lowest BCUT2D eigenvalue weighted by atomic mass is 10.1. The summed E-state index contributed by atoms with van der Waals surface area (Å²) in [7, 11) is 0. The Balaban J connectivity index is 1.40. The maximum absolute atomic E-state index is 12.9. The largest absolute Gasteiger partial charge is 0.339 e. The second kappa shape index (κ2) is 7.90. The van der Waals surface area contributed by atoms with E-state index in [1.165, 1.54) is 0 Å². The Kier molecular flexibility index (Phi) is 5.18. The maximum Gasteiger partial charge on any atom is 0.318 e. The highest BCUT2D eigenvalue weighted by molar-refractivity contribution is 5.75. The Morgan fingerprint density at radius 1 is 1.11 bits per heavy atom. The molecule has 2 amide bonds. The van der Waals surface area contributed by atoms with Crippen LogP contribution in [0.3, 0.4) is 0 Å². The summed E-state index contributed by atoms with van der Waals surface area (Å²) in [5, 5.41) is 3.25. The summed E-state index contributed by atoms with van der Waals surface area (Å²) in [5.74, 6) is 1.24. The molecule has 1 N–H and O–H groups in total. The molecular weight excluding hydrogens is 340 g/mol. The molecule has 0 aromatic carbocycles. The van der Waals surface area contributed by atoms with Gasteiger partial charge in [0.1, 0.15) is 0 Å². The van der Waals surface area contributed by atoms with E-state index in [0.29, 0.717) is 12.5 Å². The molecule has 1 atom stereocenters. The first-order valence-corrected chi connectivity index (χ1v) is 9.71. The molecule has 0 bridgehead atoms. The normalized spacial score (nSPS) is 18.7. The van der Waals surface area contributed by atoms with Gasteiger partial charge in [-0.3, -0.25) is 4.98 Å². The molecule has 2 aromatic rings. The van der Waals surface area contributed by atoms with Crippen molar-refractivity contribution in [3.63, 3.8) is 0 Å². The number of aromatic nitrogens is 3. The average molecular weight is 366 g/mol. The van der Waals surface area contributed by atoms with Gasteiger partial charge in [-0.25, -0.2) is 14.8 Å². The monoisotopic (exact) mass is 366 g/mol. The van der Waals surface area contributed by atoms with Crippen molar-refractivity contribution in [1.29, 1.82) is 0 Å². The highest BCUT2D eigenvalue weighted by Crippen LogP contribution is 2.40. The summed E-state index contributed by atoms with van der Waals surface area (Å²) >= 11 is 0. The number of urea groups is 1. The second-order valence-corrected chi connectivity index (χ2v) is 7.34. The second-order valence-electron chi connectivity index (χ2n) is 7.34. The van der Waals surface area contributed by atoms with E-state index in [9.17, 15) is 4.79 Å². The Labute approximate surface area is 159 Å². The van der Waals surface area contributed by atoms with E-state index in [-0.39, 0.29) is 12.1 Å². The van der Waals surface area contributed by atoms with E-state index >= 15 is 0 Å². The molecule has 7 heteroatoms. The lowest BCUT2D eigenvalue weighted by Crippen LogP contribution is -2.44. The average Bonchev–Trinajstić information content (AvgIpc) is 3.53. The third-order valence-corrected chi connectivity index (χ3v) is 5.22. The number of nitrogens with zero attached hydrogens (tertiary/aromatic N) is 5. The van der Waals surface area contributed by atoms with Crippen LogP contribution in [-0.4, -0.2) is 52.1 Å². The number of rotatable bonds is 4. The Morgan fingerprint density at radius 2 is 1.93 bits per heavy atom. The number of hydrogen-bond donors (Lipinski definition) is 1. The van der Waals surface area contributed by atoms with Gasteiger partial charge in [-0.05, 0) is 50.3 Å². The number of pyridine rings is 1. The van der Waals surface area contributed by atoms with Gasteiger partial charge in [0, 0.05) is 44.3 Å². The quantitative estimate of drug-likeness (QED) is 0.900. The van der Waals surface area contributed by atoms with E-state index in [1.807, 2.05) is 36.1 Å². The van der Waals surface area contributed by atoms with Gasteiger partial charge in [-0.15, -0.1) is 0 Å². The molecule has 0 spiro atoms. The van der Waals surface area contributed by atoms with Gasteiger partial charge in [0.15, 0.2) is 0 Å². The molecule has 0 radical (unpaired) electrons. The minimum atomic E-state index is 0.00559. The van der Waals surface area contributed by atoms with E-state index in [2.05, 4.69) is 25.2 Å². The molecule has 2 aromatic heterocycles. The summed E-state index contributed by atoms with van der Waals surface area (Å²) in [6.45, 7) is 5.01. The fourth-order valence-electron chi connectivity index (χ4n) is 3.60. The lowest BCUT2D eigenvalue weighted by molar-refractivity contribution is 0.195.